The third kappa shape index (κ3) is 2.37. The van der Waals surface area contributed by atoms with E-state index in [1.54, 1.807) is 6.92 Å². The third-order valence-corrected chi connectivity index (χ3v) is 2.28. The minimum atomic E-state index is -0.551. The number of carbonyl (C=O) groups excluding carboxylic acids is 1. The van der Waals surface area contributed by atoms with Gasteiger partial charge in [0.2, 0.25) is 0 Å². The van der Waals surface area contributed by atoms with Crippen LogP contribution in [0.5, 0.6) is 5.75 Å². The summed E-state index contributed by atoms with van der Waals surface area (Å²) in [6, 6.07) is 2.36. The average Bonchev–Trinajstić information content (AvgIpc) is 2.76. The molecule has 0 aliphatic rings. The highest BCUT2D eigenvalue weighted by molar-refractivity contribution is 5.94. The summed E-state index contributed by atoms with van der Waals surface area (Å²) in [5.41, 5.74) is -0.533. The normalized spacial score (nSPS) is 12.1. The topological polar surface area (TPSA) is 124 Å². The van der Waals surface area contributed by atoms with Crippen LogP contribution in [0.15, 0.2) is 23.1 Å². The lowest BCUT2D eigenvalue weighted by molar-refractivity contribution is 0.0930. The van der Waals surface area contributed by atoms with Gasteiger partial charge in [0.25, 0.3) is 5.91 Å². The minimum absolute atomic E-state index is 0.0813. The summed E-state index contributed by atoms with van der Waals surface area (Å²) in [5, 5.41) is 17.9. The summed E-state index contributed by atoms with van der Waals surface area (Å²) in [6.45, 7) is 1.64. The molecule has 18 heavy (non-hydrogen) atoms. The molecule has 0 saturated heterocycles. The lowest BCUT2D eigenvalue weighted by Gasteiger charge is -2.10. The van der Waals surface area contributed by atoms with Gasteiger partial charge in [-0.05, 0) is 19.1 Å². The van der Waals surface area contributed by atoms with Crippen molar-refractivity contribution in [3.63, 3.8) is 0 Å². The molecule has 4 N–H and O–H groups in total. The van der Waals surface area contributed by atoms with Crippen molar-refractivity contribution in [1.82, 2.24) is 25.5 Å². The van der Waals surface area contributed by atoms with E-state index in [1.807, 2.05) is 0 Å². The van der Waals surface area contributed by atoms with Crippen LogP contribution in [0, 0.1) is 0 Å². The van der Waals surface area contributed by atoms with Crippen molar-refractivity contribution in [1.29, 1.82) is 0 Å². The minimum Gasteiger partial charge on any atom is -0.505 e. The number of aromatic hydroxyl groups is 1. The van der Waals surface area contributed by atoms with Gasteiger partial charge in [-0.1, -0.05) is 0 Å². The Morgan fingerprint density at radius 2 is 2.33 bits per heavy atom. The number of carbonyl (C=O) groups is 1. The zero-order valence-electron chi connectivity index (χ0n) is 9.47. The Hall–Kier alpha value is -2.64. The SMILES string of the molecule is C[C@@H](NC(=O)c1ncccc1O)c1n[nH]c(=O)[nH]1. The van der Waals surface area contributed by atoms with Crippen molar-refractivity contribution in [3.8, 4) is 5.75 Å². The van der Waals surface area contributed by atoms with E-state index in [0.29, 0.717) is 5.82 Å². The quantitative estimate of drug-likeness (QED) is 0.594. The van der Waals surface area contributed by atoms with Gasteiger partial charge in [-0.15, -0.1) is 0 Å². The Bertz CT molecular complexity index is 618. The molecule has 0 unspecified atom stereocenters. The number of H-pyrrole nitrogens is 2. The molecular weight excluding hydrogens is 238 g/mol. The highest BCUT2D eigenvalue weighted by atomic mass is 16.3. The number of amides is 1. The number of rotatable bonds is 3. The van der Waals surface area contributed by atoms with Gasteiger partial charge in [0.05, 0.1) is 6.04 Å². The largest absolute Gasteiger partial charge is 0.505 e. The number of hydrogen-bond donors (Lipinski definition) is 4. The van der Waals surface area contributed by atoms with Crippen molar-refractivity contribution >= 4 is 5.91 Å². The van der Waals surface area contributed by atoms with Crippen molar-refractivity contribution in [3.05, 3.63) is 40.3 Å². The molecule has 2 aromatic rings. The Kier molecular flexibility index (Phi) is 3.09. The molecule has 0 bridgehead atoms. The van der Waals surface area contributed by atoms with Crippen LogP contribution in [-0.4, -0.2) is 31.2 Å². The number of nitrogens with zero attached hydrogens (tertiary/aromatic N) is 2. The lowest BCUT2D eigenvalue weighted by Crippen LogP contribution is -2.28. The molecule has 0 aromatic carbocycles. The number of aromatic amines is 2. The predicted octanol–water partition coefficient (Wildman–Crippen LogP) is -0.310. The molecule has 1 amide bonds. The first-order valence-electron chi connectivity index (χ1n) is 5.17. The lowest BCUT2D eigenvalue weighted by atomic mass is 10.2. The molecule has 0 aliphatic carbocycles. The van der Waals surface area contributed by atoms with Gasteiger partial charge < -0.3 is 10.4 Å². The predicted molar refractivity (Wildman–Crippen MR) is 61.0 cm³/mol. The van der Waals surface area contributed by atoms with Crippen LogP contribution in [0.25, 0.3) is 0 Å². The Morgan fingerprint density at radius 3 is 2.94 bits per heavy atom. The van der Waals surface area contributed by atoms with Crippen LogP contribution in [-0.2, 0) is 0 Å². The van der Waals surface area contributed by atoms with Gasteiger partial charge in [0.15, 0.2) is 11.5 Å². The monoisotopic (exact) mass is 249 g/mol. The molecule has 2 rings (SSSR count). The standard InChI is InChI=1S/C10H11N5O3/c1-5(8-13-10(18)15-14-8)12-9(17)7-6(16)3-2-4-11-7/h2-5,16H,1H3,(H,12,17)(H2,13,14,15,18)/t5-/m1/s1. The molecule has 0 aliphatic heterocycles. The fourth-order valence-electron chi connectivity index (χ4n) is 1.39. The van der Waals surface area contributed by atoms with Gasteiger partial charge in [0, 0.05) is 6.20 Å². The zero-order chi connectivity index (χ0) is 13.1. The summed E-state index contributed by atoms with van der Waals surface area (Å²) in [7, 11) is 0. The van der Waals surface area contributed by atoms with E-state index in [2.05, 4.69) is 25.5 Å². The maximum absolute atomic E-state index is 11.8. The van der Waals surface area contributed by atoms with E-state index in [1.165, 1.54) is 18.3 Å². The van der Waals surface area contributed by atoms with Crippen molar-refractivity contribution in [2.75, 3.05) is 0 Å². The fourth-order valence-corrected chi connectivity index (χ4v) is 1.39. The molecule has 0 radical (unpaired) electrons. The summed E-state index contributed by atoms with van der Waals surface area (Å²) in [6.07, 6.45) is 1.40. The second kappa shape index (κ2) is 4.70. The van der Waals surface area contributed by atoms with Gasteiger partial charge >= 0.3 is 5.69 Å². The first-order valence-corrected chi connectivity index (χ1v) is 5.17. The molecule has 2 heterocycles. The summed E-state index contributed by atoms with van der Waals surface area (Å²) in [5.74, 6) is -0.467. The fraction of sp³-hybridized carbons (Fsp3) is 0.200. The first-order chi connectivity index (χ1) is 8.58. The van der Waals surface area contributed by atoms with Crippen LogP contribution in [0.3, 0.4) is 0 Å². The van der Waals surface area contributed by atoms with Crippen LogP contribution >= 0.6 is 0 Å². The highest BCUT2D eigenvalue weighted by Gasteiger charge is 2.17. The summed E-state index contributed by atoms with van der Waals surface area (Å²) < 4.78 is 0. The molecule has 0 saturated carbocycles. The van der Waals surface area contributed by atoms with Crippen LogP contribution in [0.4, 0.5) is 0 Å². The Labute approximate surface area is 101 Å². The van der Waals surface area contributed by atoms with Gasteiger partial charge in [-0.3, -0.25) is 9.78 Å². The van der Waals surface area contributed by atoms with E-state index < -0.39 is 17.6 Å². The smallest absolute Gasteiger partial charge is 0.340 e. The van der Waals surface area contributed by atoms with Gasteiger partial charge in [0.1, 0.15) is 5.75 Å². The number of pyridine rings is 1. The average molecular weight is 249 g/mol. The van der Waals surface area contributed by atoms with Crippen LogP contribution in [0.1, 0.15) is 29.3 Å². The molecule has 0 fully saturated rings. The maximum atomic E-state index is 11.8. The molecule has 2 aromatic heterocycles. The van der Waals surface area contributed by atoms with Gasteiger partial charge in [-0.2, -0.15) is 5.10 Å². The highest BCUT2D eigenvalue weighted by Crippen LogP contribution is 2.13. The van der Waals surface area contributed by atoms with Crippen LogP contribution in [0.2, 0.25) is 0 Å². The van der Waals surface area contributed by atoms with Crippen molar-refractivity contribution in [2.24, 2.45) is 0 Å². The third-order valence-electron chi connectivity index (χ3n) is 2.28. The van der Waals surface area contributed by atoms with E-state index >= 15 is 0 Å². The summed E-state index contributed by atoms with van der Waals surface area (Å²) >= 11 is 0. The second-order valence-electron chi connectivity index (χ2n) is 3.63. The molecule has 0 spiro atoms. The Morgan fingerprint density at radius 1 is 1.56 bits per heavy atom. The molecule has 8 nitrogen and oxygen atoms in total. The van der Waals surface area contributed by atoms with E-state index in [9.17, 15) is 14.7 Å². The number of hydrogen-bond acceptors (Lipinski definition) is 5. The summed E-state index contributed by atoms with van der Waals surface area (Å²) in [4.78, 5) is 28.9. The van der Waals surface area contributed by atoms with Crippen molar-refractivity contribution in [2.45, 2.75) is 13.0 Å². The van der Waals surface area contributed by atoms with Crippen LogP contribution < -0.4 is 11.0 Å². The number of nitrogens with one attached hydrogen (secondary N) is 3. The van der Waals surface area contributed by atoms with Gasteiger partial charge in [-0.25, -0.2) is 14.9 Å². The van der Waals surface area contributed by atoms with Crippen molar-refractivity contribution < 1.29 is 9.90 Å². The van der Waals surface area contributed by atoms with E-state index in [4.69, 9.17) is 0 Å². The molecule has 8 heteroatoms. The molecular formula is C10H11N5O3. The maximum Gasteiger partial charge on any atom is 0.340 e. The number of aromatic nitrogens is 4. The zero-order valence-corrected chi connectivity index (χ0v) is 9.47. The van der Waals surface area contributed by atoms with E-state index in [-0.39, 0.29) is 11.4 Å². The Balaban J connectivity index is 2.13. The molecule has 1 atom stereocenters. The van der Waals surface area contributed by atoms with E-state index in [0.717, 1.165) is 0 Å². The molecule has 94 valence electrons. The second-order valence-corrected chi connectivity index (χ2v) is 3.63. The first kappa shape index (κ1) is 11.8.